The Kier molecular flexibility index (Phi) is 22.6. The Hall–Kier alpha value is -4.08. The molecule has 0 aromatic rings. The zero-order chi connectivity index (χ0) is 42.9. The Bertz CT molecular complexity index is 1300. The van der Waals surface area contributed by atoms with Gasteiger partial charge in [0, 0.05) is 35.3 Å². The number of nitrogens with zero attached hydrogens (tertiary/aromatic N) is 4. The molecule has 0 radical (unpaired) electrons. The van der Waals surface area contributed by atoms with E-state index < -0.39 is 91.1 Å². The van der Waals surface area contributed by atoms with E-state index in [9.17, 15) is 38.4 Å². The summed E-state index contributed by atoms with van der Waals surface area (Å²) in [6.45, 7) is 16.5. The molecule has 0 aliphatic carbocycles. The monoisotopic (exact) mass is 784 g/mol. The van der Waals surface area contributed by atoms with Crippen molar-refractivity contribution >= 4 is 47.8 Å². The van der Waals surface area contributed by atoms with Crippen LogP contribution in [0, 0.1) is 23.7 Å². The van der Waals surface area contributed by atoms with E-state index in [1.807, 2.05) is 55.4 Å². The van der Waals surface area contributed by atoms with Crippen LogP contribution in [-0.4, -0.2) is 152 Å². The van der Waals surface area contributed by atoms with Crippen LogP contribution >= 0.6 is 0 Å². The molecule has 16 nitrogen and oxygen atoms in total. The van der Waals surface area contributed by atoms with Crippen LogP contribution in [0.25, 0.3) is 0 Å². The van der Waals surface area contributed by atoms with Crippen molar-refractivity contribution in [2.45, 2.75) is 131 Å². The second kappa shape index (κ2) is 24.4. The minimum absolute atomic E-state index is 0.0113. The normalized spacial score (nSPS) is 14.7. The number of rotatable bonds is 24. The number of carbonyl (C=O) groups is 8. The molecule has 55 heavy (non-hydrogen) atoms. The van der Waals surface area contributed by atoms with Gasteiger partial charge >= 0.3 is 17.9 Å². The summed E-state index contributed by atoms with van der Waals surface area (Å²) in [6.07, 6.45) is -0.469. The quantitative estimate of drug-likeness (QED) is 0.0793. The molecule has 0 saturated heterocycles. The predicted octanol–water partition coefficient (Wildman–Crippen LogP) is 2.73. The zero-order valence-electron chi connectivity index (χ0n) is 35.8. The number of hydrogen-bond acceptors (Lipinski definition) is 12. The zero-order valence-corrected chi connectivity index (χ0v) is 35.8. The van der Waals surface area contributed by atoms with Crippen LogP contribution in [0.3, 0.4) is 0 Å². The van der Waals surface area contributed by atoms with E-state index in [0.717, 1.165) is 9.80 Å². The number of ether oxygens (including phenoxy) is 4. The Morgan fingerprint density at radius 2 is 0.836 bits per heavy atom. The summed E-state index contributed by atoms with van der Waals surface area (Å²) in [7, 11) is 7.02. The van der Waals surface area contributed by atoms with Crippen molar-refractivity contribution in [2.75, 3.05) is 48.5 Å². The molecule has 0 aliphatic heterocycles. The first-order valence-corrected chi connectivity index (χ1v) is 19.0. The number of aldehydes is 1. The van der Waals surface area contributed by atoms with Gasteiger partial charge in [-0.1, -0.05) is 55.4 Å². The molecule has 4 unspecified atom stereocenters. The maximum atomic E-state index is 13.6. The molecule has 16 heteroatoms. The standard InChI is InChI=1S/C39H68N4O12/c1-23(2)16-29(20-44)40(11)33(45)21-53-38(50)31(18-25(5)6)43(14)36(48)28(10)55-39(51)32(19-26(7)8)41(12)34(46)22-54-37(49)30(17-24(3)4)42(13)35(47)27(9)52-15/h20,23-32H,16-19,21-22H2,1-15H3/t27-,28-,29?,30?,31?,32?/m1/s1. The van der Waals surface area contributed by atoms with E-state index in [0.29, 0.717) is 12.7 Å². The first-order chi connectivity index (χ1) is 25.4. The number of esters is 3. The molecule has 4 amide bonds. The fourth-order valence-corrected chi connectivity index (χ4v) is 5.67. The van der Waals surface area contributed by atoms with Gasteiger partial charge in [-0.3, -0.25) is 19.2 Å². The van der Waals surface area contributed by atoms with Gasteiger partial charge in [-0.25, -0.2) is 14.4 Å². The Labute approximate surface area is 327 Å². The van der Waals surface area contributed by atoms with Crippen LogP contribution in [-0.2, 0) is 57.3 Å². The van der Waals surface area contributed by atoms with Gasteiger partial charge in [-0.05, 0) is 63.2 Å². The average molecular weight is 785 g/mol. The highest BCUT2D eigenvalue weighted by molar-refractivity contribution is 5.92. The van der Waals surface area contributed by atoms with E-state index in [4.69, 9.17) is 18.9 Å². The van der Waals surface area contributed by atoms with Crippen LogP contribution in [0.5, 0.6) is 0 Å². The van der Waals surface area contributed by atoms with E-state index in [-0.39, 0.29) is 42.9 Å². The van der Waals surface area contributed by atoms with Crippen molar-refractivity contribution < 1.29 is 57.3 Å². The third-order valence-corrected chi connectivity index (χ3v) is 9.17. The van der Waals surface area contributed by atoms with Crippen molar-refractivity contribution in [2.24, 2.45) is 23.7 Å². The first-order valence-electron chi connectivity index (χ1n) is 19.0. The molecule has 0 N–H and O–H groups in total. The molecule has 0 aromatic carbocycles. The lowest BCUT2D eigenvalue weighted by atomic mass is 10.0. The summed E-state index contributed by atoms with van der Waals surface area (Å²) >= 11 is 0. The molecule has 0 aromatic heterocycles. The molecule has 0 saturated carbocycles. The molecule has 0 fully saturated rings. The number of carbonyl (C=O) groups excluding carboxylic acids is 8. The SMILES string of the molecule is CO[C@H](C)C(=O)N(C)C(CC(C)C)C(=O)OCC(=O)N(C)C(CC(C)C)C(=O)O[C@H](C)C(=O)N(C)C(CC(C)C)C(=O)OCC(=O)N(C)C(C=O)CC(C)C. The Morgan fingerprint density at radius 1 is 0.491 bits per heavy atom. The second-order valence-corrected chi connectivity index (χ2v) is 15.8. The molecular weight excluding hydrogens is 716 g/mol. The molecule has 0 spiro atoms. The van der Waals surface area contributed by atoms with Crippen LogP contribution in [0.15, 0.2) is 0 Å². The predicted molar refractivity (Wildman–Crippen MR) is 204 cm³/mol. The molecule has 0 heterocycles. The summed E-state index contributed by atoms with van der Waals surface area (Å²) in [6, 6.07) is -3.94. The first kappa shape index (κ1) is 50.9. The number of amides is 4. The highest BCUT2D eigenvalue weighted by Gasteiger charge is 2.37. The van der Waals surface area contributed by atoms with Crippen molar-refractivity contribution in [3.05, 3.63) is 0 Å². The van der Waals surface area contributed by atoms with Gasteiger partial charge < -0.3 is 43.3 Å². The van der Waals surface area contributed by atoms with Gasteiger partial charge in [0.2, 0.25) is 0 Å². The summed E-state index contributed by atoms with van der Waals surface area (Å²) in [5.74, 6) is -4.97. The maximum Gasteiger partial charge on any atom is 0.329 e. The third-order valence-electron chi connectivity index (χ3n) is 9.17. The van der Waals surface area contributed by atoms with Crippen molar-refractivity contribution in [1.82, 2.24) is 19.6 Å². The highest BCUT2D eigenvalue weighted by Crippen LogP contribution is 2.19. The summed E-state index contributed by atoms with van der Waals surface area (Å²) in [5, 5.41) is 0. The lowest BCUT2D eigenvalue weighted by Gasteiger charge is -2.32. The van der Waals surface area contributed by atoms with Crippen LogP contribution in [0.2, 0.25) is 0 Å². The molecular formula is C39H68N4O12. The van der Waals surface area contributed by atoms with Crippen molar-refractivity contribution in [1.29, 1.82) is 0 Å². The molecule has 0 rings (SSSR count). The maximum absolute atomic E-state index is 13.6. The van der Waals surface area contributed by atoms with Gasteiger partial charge in [0.15, 0.2) is 19.3 Å². The highest BCUT2D eigenvalue weighted by atomic mass is 16.6. The lowest BCUT2D eigenvalue weighted by molar-refractivity contribution is -0.170. The van der Waals surface area contributed by atoms with Gasteiger partial charge in [0.1, 0.15) is 30.5 Å². The molecule has 0 aliphatic rings. The lowest BCUT2D eigenvalue weighted by Crippen LogP contribution is -2.51. The topological polar surface area (TPSA) is 186 Å². The van der Waals surface area contributed by atoms with Crippen molar-refractivity contribution in [3.8, 4) is 0 Å². The smallest absolute Gasteiger partial charge is 0.329 e. The third kappa shape index (κ3) is 17.1. The van der Waals surface area contributed by atoms with Gasteiger partial charge in [-0.15, -0.1) is 0 Å². The molecule has 316 valence electrons. The average Bonchev–Trinajstić information content (AvgIpc) is 3.12. The van der Waals surface area contributed by atoms with Crippen molar-refractivity contribution in [3.63, 3.8) is 0 Å². The number of hydrogen-bond donors (Lipinski definition) is 0. The minimum Gasteiger partial charge on any atom is -0.454 e. The van der Waals surface area contributed by atoms with Crippen LogP contribution in [0.1, 0.15) is 94.9 Å². The largest absolute Gasteiger partial charge is 0.454 e. The summed E-state index contributed by atoms with van der Waals surface area (Å²) < 4.78 is 21.3. The Morgan fingerprint density at radius 3 is 1.18 bits per heavy atom. The second-order valence-electron chi connectivity index (χ2n) is 15.8. The van der Waals surface area contributed by atoms with Gasteiger partial charge in [0.05, 0.1) is 6.04 Å². The van der Waals surface area contributed by atoms with Crippen LogP contribution in [0.4, 0.5) is 0 Å². The van der Waals surface area contributed by atoms with E-state index in [2.05, 4.69) is 0 Å². The van der Waals surface area contributed by atoms with Gasteiger partial charge in [0.25, 0.3) is 23.6 Å². The number of methoxy groups -OCH3 is 1. The van der Waals surface area contributed by atoms with E-state index in [1.165, 1.54) is 52.0 Å². The fourth-order valence-electron chi connectivity index (χ4n) is 5.67. The molecule has 0 bridgehead atoms. The minimum atomic E-state index is -1.38. The summed E-state index contributed by atoms with van der Waals surface area (Å²) in [5.41, 5.74) is 0. The summed E-state index contributed by atoms with van der Waals surface area (Å²) in [4.78, 5) is 109. The van der Waals surface area contributed by atoms with Crippen LogP contribution < -0.4 is 0 Å². The molecule has 6 atom stereocenters. The van der Waals surface area contributed by atoms with E-state index in [1.54, 1.807) is 6.92 Å². The fraction of sp³-hybridized carbons (Fsp3) is 0.795. The number of likely N-dealkylation sites (N-methyl/N-ethyl adjacent to an activating group) is 4. The van der Waals surface area contributed by atoms with Gasteiger partial charge in [-0.2, -0.15) is 0 Å². The van der Waals surface area contributed by atoms with E-state index >= 15 is 0 Å². The Balaban J connectivity index is 5.85.